The molecule has 4 rings (SSSR count). The second-order valence-electron chi connectivity index (χ2n) is 7.17. The summed E-state index contributed by atoms with van der Waals surface area (Å²) in [6.45, 7) is 3.51. The second-order valence-corrected chi connectivity index (χ2v) is 8.16. The first-order valence-corrected chi connectivity index (χ1v) is 11.1. The lowest BCUT2D eigenvalue weighted by atomic mass is 10.2. The summed E-state index contributed by atoms with van der Waals surface area (Å²) in [5.74, 6) is 0.724. The molecule has 0 unspecified atom stereocenters. The maximum Gasteiger partial charge on any atom is 0.271 e. The fourth-order valence-electron chi connectivity index (χ4n) is 3.45. The third-order valence-electron chi connectivity index (χ3n) is 5.04. The van der Waals surface area contributed by atoms with Crippen molar-refractivity contribution in [1.29, 1.82) is 0 Å². The molecule has 32 heavy (non-hydrogen) atoms. The number of carbonyl (C=O) groups is 1. The molecule has 0 bridgehead atoms. The molecule has 1 aliphatic heterocycles. The maximum atomic E-state index is 12.3. The van der Waals surface area contributed by atoms with Gasteiger partial charge in [0.25, 0.3) is 5.69 Å². The average molecular weight is 451 g/mol. The van der Waals surface area contributed by atoms with Crippen LogP contribution < -0.4 is 15.1 Å². The number of carbonyl (C=O) groups excluding carboxylic acids is 1. The van der Waals surface area contributed by atoms with Gasteiger partial charge >= 0.3 is 0 Å². The van der Waals surface area contributed by atoms with Gasteiger partial charge in [-0.05, 0) is 18.2 Å². The third-order valence-corrected chi connectivity index (χ3v) is 5.97. The number of non-ortho nitro benzene ring substituents is 1. The Morgan fingerprint density at radius 3 is 2.50 bits per heavy atom. The van der Waals surface area contributed by atoms with Gasteiger partial charge in [-0.2, -0.15) is 0 Å². The van der Waals surface area contributed by atoms with Gasteiger partial charge in [0.1, 0.15) is 17.2 Å². The van der Waals surface area contributed by atoms with Gasteiger partial charge in [0.15, 0.2) is 0 Å². The largest absolute Gasteiger partial charge is 0.368 e. The van der Waals surface area contributed by atoms with Gasteiger partial charge in [-0.25, -0.2) is 9.97 Å². The minimum absolute atomic E-state index is 0.0664. The van der Waals surface area contributed by atoms with Crippen LogP contribution in [0.5, 0.6) is 0 Å². The predicted molar refractivity (Wildman–Crippen MR) is 125 cm³/mol. The van der Waals surface area contributed by atoms with Crippen molar-refractivity contribution in [3.8, 4) is 0 Å². The highest BCUT2D eigenvalue weighted by atomic mass is 32.2. The SMILES string of the molecule is O=C(CSc1cc(N2CCN(c3ccccc3)CC2)ncn1)Nc1cccc([N+](=O)[O-])c1. The summed E-state index contributed by atoms with van der Waals surface area (Å²) < 4.78 is 0. The van der Waals surface area contributed by atoms with Crippen molar-refractivity contribution in [3.05, 3.63) is 77.1 Å². The van der Waals surface area contributed by atoms with E-state index in [9.17, 15) is 14.9 Å². The van der Waals surface area contributed by atoms with Gasteiger partial charge in [-0.1, -0.05) is 36.0 Å². The van der Waals surface area contributed by atoms with Crippen molar-refractivity contribution in [1.82, 2.24) is 9.97 Å². The second kappa shape index (κ2) is 10.1. The minimum Gasteiger partial charge on any atom is -0.368 e. The van der Waals surface area contributed by atoms with Crippen LogP contribution in [0.3, 0.4) is 0 Å². The number of nitrogens with zero attached hydrogens (tertiary/aromatic N) is 5. The maximum absolute atomic E-state index is 12.3. The van der Waals surface area contributed by atoms with Gasteiger partial charge in [0, 0.05) is 55.8 Å². The molecule has 164 valence electrons. The number of benzene rings is 2. The molecule has 2 aromatic carbocycles. The van der Waals surface area contributed by atoms with E-state index in [-0.39, 0.29) is 17.3 Å². The van der Waals surface area contributed by atoms with Crippen LogP contribution in [-0.2, 0) is 4.79 Å². The molecule has 1 N–H and O–H groups in total. The molecule has 1 aliphatic rings. The Morgan fingerprint density at radius 1 is 1.00 bits per heavy atom. The van der Waals surface area contributed by atoms with Crippen LogP contribution in [-0.4, -0.2) is 52.7 Å². The van der Waals surface area contributed by atoms with Crippen LogP contribution in [0, 0.1) is 10.1 Å². The summed E-state index contributed by atoms with van der Waals surface area (Å²) in [4.78, 5) is 35.9. The minimum atomic E-state index is -0.494. The lowest BCUT2D eigenvalue weighted by molar-refractivity contribution is -0.384. The Balaban J connectivity index is 1.30. The van der Waals surface area contributed by atoms with Crippen LogP contribution in [0.15, 0.2) is 72.0 Å². The molecule has 2 heterocycles. The highest BCUT2D eigenvalue weighted by Gasteiger charge is 2.19. The number of nitro benzene ring substituents is 1. The van der Waals surface area contributed by atoms with Gasteiger partial charge < -0.3 is 15.1 Å². The zero-order valence-electron chi connectivity index (χ0n) is 17.3. The van der Waals surface area contributed by atoms with Crippen molar-refractivity contribution in [2.45, 2.75) is 5.03 Å². The summed E-state index contributed by atoms with van der Waals surface area (Å²) in [5.41, 5.74) is 1.55. The summed E-state index contributed by atoms with van der Waals surface area (Å²) in [7, 11) is 0. The molecule has 0 aliphatic carbocycles. The highest BCUT2D eigenvalue weighted by molar-refractivity contribution is 7.99. The Kier molecular flexibility index (Phi) is 6.81. The number of rotatable bonds is 7. The number of nitro groups is 1. The number of hydrogen-bond acceptors (Lipinski definition) is 8. The molecule has 3 aromatic rings. The van der Waals surface area contributed by atoms with E-state index >= 15 is 0 Å². The molecule has 0 atom stereocenters. The number of nitrogens with one attached hydrogen (secondary N) is 1. The number of amides is 1. The fourth-order valence-corrected chi connectivity index (χ4v) is 4.11. The third kappa shape index (κ3) is 5.52. The molecule has 1 fully saturated rings. The fraction of sp³-hybridized carbons (Fsp3) is 0.227. The van der Waals surface area contributed by atoms with E-state index in [1.54, 1.807) is 6.07 Å². The van der Waals surface area contributed by atoms with Crippen LogP contribution in [0.1, 0.15) is 0 Å². The number of thioether (sulfide) groups is 1. The van der Waals surface area contributed by atoms with Gasteiger partial charge in [0.05, 0.1) is 10.7 Å². The van der Waals surface area contributed by atoms with Gasteiger partial charge in [-0.3, -0.25) is 14.9 Å². The van der Waals surface area contributed by atoms with Crippen LogP contribution in [0.2, 0.25) is 0 Å². The normalized spacial score (nSPS) is 13.6. The monoisotopic (exact) mass is 450 g/mol. The van der Waals surface area contributed by atoms with Gasteiger partial charge in [-0.15, -0.1) is 0 Å². The van der Waals surface area contributed by atoms with Crippen molar-refractivity contribution in [3.63, 3.8) is 0 Å². The summed E-state index contributed by atoms with van der Waals surface area (Å²) in [6.07, 6.45) is 1.51. The summed E-state index contributed by atoms with van der Waals surface area (Å²) >= 11 is 1.30. The Hall–Kier alpha value is -3.66. The zero-order chi connectivity index (χ0) is 22.3. The van der Waals surface area contributed by atoms with E-state index < -0.39 is 4.92 Å². The van der Waals surface area contributed by atoms with Crippen molar-refractivity contribution in [2.75, 3.05) is 47.0 Å². The van der Waals surface area contributed by atoms with Crippen molar-refractivity contribution < 1.29 is 9.72 Å². The number of aromatic nitrogens is 2. The average Bonchev–Trinajstić information content (AvgIpc) is 2.84. The molecule has 0 spiro atoms. The van der Waals surface area contributed by atoms with Crippen LogP contribution >= 0.6 is 11.8 Å². The summed E-state index contributed by atoms with van der Waals surface area (Å²) in [5, 5.41) is 14.3. The molecule has 1 amide bonds. The molecule has 10 heteroatoms. The van der Waals surface area contributed by atoms with E-state index in [0.29, 0.717) is 10.7 Å². The van der Waals surface area contributed by atoms with E-state index in [2.05, 4.69) is 37.2 Å². The molecule has 0 radical (unpaired) electrons. The van der Waals surface area contributed by atoms with E-state index in [4.69, 9.17) is 0 Å². The van der Waals surface area contributed by atoms with Crippen molar-refractivity contribution >= 4 is 40.5 Å². The standard InChI is InChI=1S/C22H22N6O3S/c29-21(25-17-5-4-8-19(13-17)28(30)31)15-32-22-14-20(23-16-24-22)27-11-9-26(10-12-27)18-6-2-1-3-7-18/h1-8,13-14,16H,9-12,15H2,(H,25,29). The van der Waals surface area contributed by atoms with E-state index in [1.807, 2.05) is 24.3 Å². The topological polar surface area (TPSA) is 104 Å². The zero-order valence-corrected chi connectivity index (χ0v) is 18.1. The number of piperazine rings is 1. The predicted octanol–water partition coefficient (Wildman–Crippen LogP) is 3.44. The first kappa shape index (κ1) is 21.6. The Bertz CT molecular complexity index is 1090. The quantitative estimate of drug-likeness (QED) is 0.253. The number of para-hydroxylation sites is 1. The molecule has 1 aromatic heterocycles. The van der Waals surface area contributed by atoms with Gasteiger partial charge in [0.2, 0.25) is 5.91 Å². The molecular weight excluding hydrogens is 428 g/mol. The number of hydrogen-bond donors (Lipinski definition) is 1. The smallest absolute Gasteiger partial charge is 0.271 e. The molecule has 1 saturated heterocycles. The van der Waals surface area contributed by atoms with Crippen molar-refractivity contribution in [2.24, 2.45) is 0 Å². The highest BCUT2D eigenvalue weighted by Crippen LogP contribution is 2.23. The molecule has 0 saturated carbocycles. The van der Waals surface area contributed by atoms with Crippen LogP contribution in [0.4, 0.5) is 22.9 Å². The number of anilines is 3. The van der Waals surface area contributed by atoms with E-state index in [1.165, 1.54) is 42.0 Å². The first-order valence-electron chi connectivity index (χ1n) is 10.1. The first-order chi connectivity index (χ1) is 15.6. The lowest BCUT2D eigenvalue weighted by Gasteiger charge is -2.36. The lowest BCUT2D eigenvalue weighted by Crippen LogP contribution is -2.46. The Morgan fingerprint density at radius 2 is 1.75 bits per heavy atom. The Labute approximate surface area is 189 Å². The molecular formula is C22H22N6O3S. The van der Waals surface area contributed by atoms with Crippen LogP contribution in [0.25, 0.3) is 0 Å². The van der Waals surface area contributed by atoms with E-state index in [0.717, 1.165) is 32.0 Å². The molecule has 9 nitrogen and oxygen atoms in total. The summed E-state index contributed by atoms with van der Waals surface area (Å²) in [6, 6.07) is 18.1.